The van der Waals surface area contributed by atoms with Crippen molar-refractivity contribution in [2.75, 3.05) is 13.6 Å². The van der Waals surface area contributed by atoms with E-state index >= 15 is 0 Å². The Kier molecular flexibility index (Phi) is 9.80. The summed E-state index contributed by atoms with van der Waals surface area (Å²) in [6.07, 6.45) is -0.758. The Bertz CT molecular complexity index is 1020. The molecule has 1 aliphatic rings. The number of aliphatic imine (C=N–C) groups is 1. The molecule has 2 atom stereocenters. The van der Waals surface area contributed by atoms with Gasteiger partial charge in [-0.1, -0.05) is 60.7 Å². The van der Waals surface area contributed by atoms with Gasteiger partial charge in [-0.3, -0.25) is 25.2 Å². The average Bonchev–Trinajstić information content (AvgIpc) is 2.89. The Balaban J connectivity index is 1.53. The summed E-state index contributed by atoms with van der Waals surface area (Å²) in [4.78, 5) is 52.3. The lowest BCUT2D eigenvalue weighted by atomic mass is 9.86. The number of guanidine groups is 1. The van der Waals surface area contributed by atoms with Gasteiger partial charge < -0.3 is 20.1 Å². The van der Waals surface area contributed by atoms with E-state index in [0.29, 0.717) is 12.8 Å². The van der Waals surface area contributed by atoms with Crippen LogP contribution in [-0.4, -0.2) is 49.6 Å². The second kappa shape index (κ2) is 13.5. The molecule has 0 spiro atoms. The molecule has 0 aromatic heterocycles. The molecule has 0 saturated carbocycles. The van der Waals surface area contributed by atoms with Crippen LogP contribution in [0.1, 0.15) is 24.0 Å². The summed E-state index contributed by atoms with van der Waals surface area (Å²) < 4.78 is 10.4. The molecule has 4 N–H and O–H groups in total. The number of benzene rings is 2. The minimum absolute atomic E-state index is 0.0378. The number of likely N-dealkylation sites (N-methyl/N-ethyl adjacent to an activating group) is 1. The van der Waals surface area contributed by atoms with Crippen molar-refractivity contribution in [2.45, 2.75) is 32.1 Å². The lowest BCUT2D eigenvalue weighted by molar-refractivity contribution is -0.143. The van der Waals surface area contributed by atoms with E-state index in [1.165, 1.54) is 7.05 Å². The zero-order chi connectivity index (χ0) is 25.8. The van der Waals surface area contributed by atoms with Gasteiger partial charge in [0.2, 0.25) is 17.8 Å². The third kappa shape index (κ3) is 8.12. The lowest BCUT2D eigenvalue weighted by Crippen LogP contribution is -2.64. The number of nitrogens with zero attached hydrogens (tertiary/aromatic N) is 1. The first-order chi connectivity index (χ1) is 17.5. The number of hydrogen-bond donors (Lipinski definition) is 4. The molecule has 0 radical (unpaired) electrons. The SMILES string of the molecule is CNC(=O)C1NC(=O)C1CCCN=C(NC(=O)OCc1ccccc1)NC(=O)OCc1ccccc1. The Morgan fingerprint density at radius 3 is 1.89 bits per heavy atom. The van der Waals surface area contributed by atoms with E-state index in [-0.39, 0.29) is 37.5 Å². The zero-order valence-electron chi connectivity index (χ0n) is 19.9. The normalized spacial score (nSPS) is 16.0. The van der Waals surface area contributed by atoms with Crippen molar-refractivity contribution >= 4 is 30.0 Å². The highest BCUT2D eigenvalue weighted by Gasteiger charge is 2.42. The van der Waals surface area contributed by atoms with Gasteiger partial charge in [-0.25, -0.2) is 9.59 Å². The Hall–Kier alpha value is -4.41. The quantitative estimate of drug-likeness (QED) is 0.181. The molecule has 190 valence electrons. The van der Waals surface area contributed by atoms with Crippen LogP contribution in [0.5, 0.6) is 0 Å². The first-order valence-electron chi connectivity index (χ1n) is 11.5. The zero-order valence-corrected chi connectivity index (χ0v) is 19.9. The summed E-state index contributed by atoms with van der Waals surface area (Å²) >= 11 is 0. The third-order valence-corrected chi connectivity index (χ3v) is 5.38. The summed E-state index contributed by atoms with van der Waals surface area (Å²) in [5.41, 5.74) is 1.59. The van der Waals surface area contributed by atoms with Gasteiger partial charge in [-0.2, -0.15) is 0 Å². The number of hydrogen-bond acceptors (Lipinski definition) is 7. The molecule has 0 bridgehead atoms. The van der Waals surface area contributed by atoms with Gasteiger partial charge in [0.25, 0.3) is 0 Å². The van der Waals surface area contributed by atoms with Crippen LogP contribution in [0.3, 0.4) is 0 Å². The average molecular weight is 496 g/mol. The highest BCUT2D eigenvalue weighted by molar-refractivity contribution is 6.01. The molecule has 2 unspecified atom stereocenters. The fourth-order valence-electron chi connectivity index (χ4n) is 3.44. The molecule has 1 fully saturated rings. The third-order valence-electron chi connectivity index (χ3n) is 5.38. The molecule has 2 aromatic rings. The largest absolute Gasteiger partial charge is 0.444 e. The Morgan fingerprint density at radius 1 is 0.889 bits per heavy atom. The highest BCUT2D eigenvalue weighted by Crippen LogP contribution is 2.20. The predicted molar refractivity (Wildman–Crippen MR) is 131 cm³/mol. The maximum atomic E-state index is 12.3. The second-order valence-electron chi connectivity index (χ2n) is 7.95. The van der Waals surface area contributed by atoms with E-state index in [4.69, 9.17) is 9.47 Å². The molecule has 2 aromatic carbocycles. The van der Waals surface area contributed by atoms with Crippen molar-refractivity contribution < 1.29 is 28.7 Å². The molecule has 1 saturated heterocycles. The van der Waals surface area contributed by atoms with E-state index in [9.17, 15) is 19.2 Å². The van der Waals surface area contributed by atoms with Crippen LogP contribution in [0.15, 0.2) is 65.7 Å². The number of ether oxygens (including phenoxy) is 2. The minimum atomic E-state index is -0.806. The van der Waals surface area contributed by atoms with Gasteiger partial charge in [0.1, 0.15) is 19.3 Å². The van der Waals surface area contributed by atoms with Crippen molar-refractivity contribution in [1.29, 1.82) is 0 Å². The van der Waals surface area contributed by atoms with Crippen molar-refractivity contribution in [3.8, 4) is 0 Å². The molecule has 1 heterocycles. The number of carbonyl (C=O) groups excluding carboxylic acids is 4. The smallest absolute Gasteiger partial charge is 0.414 e. The van der Waals surface area contributed by atoms with E-state index < -0.39 is 24.1 Å². The summed E-state index contributed by atoms with van der Waals surface area (Å²) in [5, 5.41) is 9.90. The van der Waals surface area contributed by atoms with Gasteiger partial charge >= 0.3 is 12.2 Å². The first kappa shape index (κ1) is 26.2. The van der Waals surface area contributed by atoms with Gasteiger partial charge in [0.05, 0.1) is 5.92 Å². The van der Waals surface area contributed by atoms with Crippen molar-refractivity contribution in [1.82, 2.24) is 21.3 Å². The number of carbonyl (C=O) groups is 4. The monoisotopic (exact) mass is 495 g/mol. The number of β-lactam (4-membered cyclic amide) rings is 1. The molecule has 4 amide bonds. The maximum Gasteiger partial charge on any atom is 0.414 e. The van der Waals surface area contributed by atoms with Crippen LogP contribution in [-0.2, 0) is 32.3 Å². The summed E-state index contributed by atoms with van der Waals surface area (Å²) in [6.45, 7) is 0.254. The van der Waals surface area contributed by atoms with Gasteiger partial charge in [0.15, 0.2) is 0 Å². The molecule has 11 nitrogen and oxygen atoms in total. The van der Waals surface area contributed by atoms with Crippen LogP contribution in [0.4, 0.5) is 9.59 Å². The number of rotatable bonds is 9. The van der Waals surface area contributed by atoms with Crippen LogP contribution >= 0.6 is 0 Å². The van der Waals surface area contributed by atoms with E-state index in [2.05, 4.69) is 26.3 Å². The standard InChI is InChI=1S/C25H29N5O6/c1-26-22(32)20-19(21(31)28-20)13-8-14-27-23(29-24(33)35-15-17-9-4-2-5-10-17)30-25(34)36-16-18-11-6-3-7-12-18/h2-7,9-12,19-20H,8,13-16H2,1H3,(H,26,32)(H,28,31)(H2,27,29,30,33,34). The maximum absolute atomic E-state index is 12.3. The van der Waals surface area contributed by atoms with E-state index in [1.807, 2.05) is 60.7 Å². The Morgan fingerprint density at radius 2 is 1.42 bits per heavy atom. The number of amides is 4. The Labute approximate surface area is 208 Å². The van der Waals surface area contributed by atoms with Crippen LogP contribution in [0.25, 0.3) is 0 Å². The van der Waals surface area contributed by atoms with Crippen molar-refractivity contribution in [3.63, 3.8) is 0 Å². The fourth-order valence-corrected chi connectivity index (χ4v) is 3.44. The summed E-state index contributed by atoms with van der Waals surface area (Å²) in [5.74, 6) is -1.05. The number of nitrogens with one attached hydrogen (secondary N) is 4. The van der Waals surface area contributed by atoms with Gasteiger partial charge in [0, 0.05) is 13.6 Å². The molecule has 0 aliphatic carbocycles. The van der Waals surface area contributed by atoms with Crippen molar-refractivity contribution in [3.05, 3.63) is 71.8 Å². The topological polar surface area (TPSA) is 147 Å². The molecule has 11 heteroatoms. The molecule has 36 heavy (non-hydrogen) atoms. The van der Waals surface area contributed by atoms with Crippen LogP contribution in [0.2, 0.25) is 0 Å². The van der Waals surface area contributed by atoms with E-state index in [0.717, 1.165) is 11.1 Å². The first-order valence-corrected chi connectivity index (χ1v) is 11.5. The fraction of sp³-hybridized carbons (Fsp3) is 0.320. The molecule has 1 aliphatic heterocycles. The van der Waals surface area contributed by atoms with Crippen molar-refractivity contribution in [2.24, 2.45) is 10.9 Å². The molecule has 3 rings (SSSR count). The van der Waals surface area contributed by atoms with Gasteiger partial charge in [-0.15, -0.1) is 0 Å². The van der Waals surface area contributed by atoms with Gasteiger partial charge in [-0.05, 0) is 24.0 Å². The summed E-state index contributed by atoms with van der Waals surface area (Å²) in [6, 6.07) is 17.7. The second-order valence-corrected chi connectivity index (χ2v) is 7.95. The highest BCUT2D eigenvalue weighted by atomic mass is 16.6. The predicted octanol–water partition coefficient (Wildman–Crippen LogP) is 1.84. The van der Waals surface area contributed by atoms with Crippen LogP contribution < -0.4 is 21.3 Å². The van der Waals surface area contributed by atoms with Crippen LogP contribution in [0, 0.1) is 5.92 Å². The lowest BCUT2D eigenvalue weighted by Gasteiger charge is -2.35. The minimum Gasteiger partial charge on any atom is -0.444 e. The number of alkyl carbamates (subject to hydrolysis) is 2. The molecular weight excluding hydrogens is 466 g/mol. The van der Waals surface area contributed by atoms with E-state index in [1.54, 1.807) is 0 Å². The summed E-state index contributed by atoms with van der Waals surface area (Å²) in [7, 11) is 1.51. The molecular formula is C25H29N5O6.